The van der Waals surface area contributed by atoms with Crippen LogP contribution in [0.15, 0.2) is 40.1 Å². The van der Waals surface area contributed by atoms with E-state index in [2.05, 4.69) is 0 Å². The summed E-state index contributed by atoms with van der Waals surface area (Å²) >= 11 is 1.31. The van der Waals surface area contributed by atoms with Gasteiger partial charge < -0.3 is 5.11 Å². The van der Waals surface area contributed by atoms with Crippen LogP contribution in [0.5, 0.6) is 0 Å². The van der Waals surface area contributed by atoms with E-state index in [0.29, 0.717) is 12.0 Å². The molecule has 0 bridgehead atoms. The summed E-state index contributed by atoms with van der Waals surface area (Å²) in [5.74, 6) is -1.17. The van der Waals surface area contributed by atoms with Crippen molar-refractivity contribution in [1.29, 1.82) is 0 Å². The van der Waals surface area contributed by atoms with Crippen molar-refractivity contribution in [3.05, 3.63) is 41.1 Å². The lowest BCUT2D eigenvalue weighted by Gasteiger charge is -2.01. The number of hydrogen-bond acceptors (Lipinski definition) is 2. The highest BCUT2D eigenvalue weighted by molar-refractivity contribution is 8.02. The molecule has 1 N–H and O–H groups in total. The number of benzene rings is 1. The fourth-order valence-corrected chi connectivity index (χ4v) is 2.03. The van der Waals surface area contributed by atoms with Crippen molar-refractivity contribution in [3.8, 4) is 0 Å². The number of carboxylic acid groups (broad SMARTS) is 1. The van der Waals surface area contributed by atoms with Crippen molar-refractivity contribution in [2.75, 3.05) is 0 Å². The summed E-state index contributed by atoms with van der Waals surface area (Å²) in [5, 5.41) is 10.6. The first-order valence-electron chi connectivity index (χ1n) is 5.48. The molecule has 0 aliphatic carbocycles. The number of unbranched alkanes of at least 4 members (excludes halogenated alkanes) is 1. The number of aliphatic carboxylic acids is 1. The molecule has 92 valence electrons. The van der Waals surface area contributed by atoms with Crippen LogP contribution in [0.25, 0.3) is 0 Å². The molecule has 0 radical (unpaired) electrons. The van der Waals surface area contributed by atoms with Crippen LogP contribution in [0.4, 0.5) is 4.39 Å². The quantitative estimate of drug-likeness (QED) is 0.614. The summed E-state index contributed by atoms with van der Waals surface area (Å²) in [6.07, 6.45) is 2.40. The molecule has 0 heterocycles. The molecule has 0 saturated heterocycles. The predicted octanol–water partition coefficient (Wildman–Crippen LogP) is 4.08. The number of rotatable bonds is 6. The Balaban J connectivity index is 2.65. The lowest BCUT2D eigenvalue weighted by atomic mass is 10.1. The zero-order chi connectivity index (χ0) is 12.7. The molecule has 0 aliphatic heterocycles. The predicted molar refractivity (Wildman–Crippen MR) is 67.5 cm³/mol. The SMILES string of the molecule is CCCC/C(=C\Sc1ccc(F)cc1)C(=O)O. The zero-order valence-corrected chi connectivity index (χ0v) is 10.5. The lowest BCUT2D eigenvalue weighted by Crippen LogP contribution is -1.99. The van der Waals surface area contributed by atoms with E-state index in [1.165, 1.54) is 23.9 Å². The summed E-state index contributed by atoms with van der Waals surface area (Å²) in [6, 6.07) is 6.00. The van der Waals surface area contributed by atoms with Crippen LogP contribution in [-0.4, -0.2) is 11.1 Å². The van der Waals surface area contributed by atoms with Crippen molar-refractivity contribution in [3.63, 3.8) is 0 Å². The minimum absolute atomic E-state index is 0.289. The molecule has 17 heavy (non-hydrogen) atoms. The Morgan fingerprint density at radius 2 is 2.06 bits per heavy atom. The van der Waals surface area contributed by atoms with E-state index in [1.54, 1.807) is 17.5 Å². The molecule has 4 heteroatoms. The second kappa shape index (κ2) is 7.12. The van der Waals surface area contributed by atoms with E-state index in [9.17, 15) is 9.18 Å². The second-order valence-electron chi connectivity index (χ2n) is 3.62. The summed E-state index contributed by atoms with van der Waals surface area (Å²) in [4.78, 5) is 11.8. The molecule has 1 rings (SSSR count). The van der Waals surface area contributed by atoms with Crippen LogP contribution in [0, 0.1) is 5.82 Å². The molecule has 0 saturated carbocycles. The zero-order valence-electron chi connectivity index (χ0n) is 9.65. The van der Waals surface area contributed by atoms with Crippen LogP contribution in [0.3, 0.4) is 0 Å². The number of carbonyl (C=O) groups is 1. The van der Waals surface area contributed by atoms with Crippen LogP contribution >= 0.6 is 11.8 Å². The van der Waals surface area contributed by atoms with Crippen molar-refractivity contribution in [2.24, 2.45) is 0 Å². The summed E-state index contributed by atoms with van der Waals surface area (Å²) in [7, 11) is 0. The maximum Gasteiger partial charge on any atom is 0.332 e. The molecule has 0 atom stereocenters. The Kier molecular flexibility index (Phi) is 5.77. The first kappa shape index (κ1) is 13.8. The second-order valence-corrected chi connectivity index (χ2v) is 4.57. The minimum Gasteiger partial charge on any atom is -0.478 e. The Bertz CT molecular complexity index is 398. The average molecular weight is 254 g/mol. The molecule has 1 aromatic rings. The monoisotopic (exact) mass is 254 g/mol. The fourth-order valence-electron chi connectivity index (χ4n) is 1.24. The van der Waals surface area contributed by atoms with E-state index >= 15 is 0 Å². The van der Waals surface area contributed by atoms with E-state index in [1.807, 2.05) is 6.92 Å². The molecule has 0 aliphatic rings. The summed E-state index contributed by atoms with van der Waals surface area (Å²) in [5.41, 5.74) is 0.404. The Morgan fingerprint density at radius 3 is 2.59 bits per heavy atom. The Labute approximate surface area is 105 Å². The Morgan fingerprint density at radius 1 is 1.41 bits per heavy atom. The summed E-state index contributed by atoms with van der Waals surface area (Å²) in [6.45, 7) is 2.02. The number of carboxylic acids is 1. The van der Waals surface area contributed by atoms with Crippen molar-refractivity contribution >= 4 is 17.7 Å². The largest absolute Gasteiger partial charge is 0.478 e. The van der Waals surface area contributed by atoms with Crippen LogP contribution in [0.1, 0.15) is 26.2 Å². The smallest absolute Gasteiger partial charge is 0.332 e. The molecule has 0 fully saturated rings. The van der Waals surface area contributed by atoms with Gasteiger partial charge in [0.2, 0.25) is 0 Å². The number of halogens is 1. The summed E-state index contributed by atoms with van der Waals surface area (Å²) < 4.78 is 12.7. The minimum atomic E-state index is -0.881. The fraction of sp³-hybridized carbons (Fsp3) is 0.308. The highest BCUT2D eigenvalue weighted by Crippen LogP contribution is 2.22. The topological polar surface area (TPSA) is 37.3 Å². The number of thioether (sulfide) groups is 1. The van der Waals surface area contributed by atoms with Crippen LogP contribution in [-0.2, 0) is 4.79 Å². The van der Waals surface area contributed by atoms with Gasteiger partial charge in [-0.1, -0.05) is 25.1 Å². The van der Waals surface area contributed by atoms with Gasteiger partial charge in [0.05, 0.1) is 0 Å². The third-order valence-corrected chi connectivity index (χ3v) is 3.17. The highest BCUT2D eigenvalue weighted by Gasteiger charge is 2.06. The van der Waals surface area contributed by atoms with E-state index in [0.717, 1.165) is 17.7 Å². The van der Waals surface area contributed by atoms with Crippen LogP contribution in [0.2, 0.25) is 0 Å². The molecule has 0 aromatic heterocycles. The van der Waals surface area contributed by atoms with Gasteiger partial charge in [0.25, 0.3) is 0 Å². The molecule has 0 amide bonds. The van der Waals surface area contributed by atoms with Gasteiger partial charge in [-0.2, -0.15) is 0 Å². The normalized spacial score (nSPS) is 11.5. The van der Waals surface area contributed by atoms with E-state index in [-0.39, 0.29) is 5.82 Å². The van der Waals surface area contributed by atoms with Crippen LogP contribution < -0.4 is 0 Å². The maximum absolute atomic E-state index is 12.7. The van der Waals surface area contributed by atoms with Gasteiger partial charge in [-0.05, 0) is 42.5 Å². The van der Waals surface area contributed by atoms with Crippen molar-refractivity contribution < 1.29 is 14.3 Å². The number of hydrogen-bond donors (Lipinski definition) is 1. The van der Waals surface area contributed by atoms with Gasteiger partial charge >= 0.3 is 5.97 Å². The van der Waals surface area contributed by atoms with Gasteiger partial charge in [-0.15, -0.1) is 0 Å². The third kappa shape index (κ3) is 5.04. The molecular weight excluding hydrogens is 239 g/mol. The van der Waals surface area contributed by atoms with Gasteiger partial charge in [0, 0.05) is 10.5 Å². The van der Waals surface area contributed by atoms with Gasteiger partial charge in [-0.3, -0.25) is 0 Å². The van der Waals surface area contributed by atoms with Gasteiger partial charge in [-0.25, -0.2) is 9.18 Å². The Hall–Kier alpha value is -1.29. The van der Waals surface area contributed by atoms with Crippen molar-refractivity contribution in [1.82, 2.24) is 0 Å². The first-order valence-corrected chi connectivity index (χ1v) is 6.36. The molecule has 0 unspecified atom stereocenters. The van der Waals surface area contributed by atoms with Crippen molar-refractivity contribution in [2.45, 2.75) is 31.1 Å². The molecule has 0 spiro atoms. The molecule has 2 nitrogen and oxygen atoms in total. The van der Waals surface area contributed by atoms with Gasteiger partial charge in [0.1, 0.15) is 5.82 Å². The lowest BCUT2D eigenvalue weighted by molar-refractivity contribution is -0.132. The highest BCUT2D eigenvalue weighted by atomic mass is 32.2. The van der Waals surface area contributed by atoms with E-state index < -0.39 is 5.97 Å². The maximum atomic E-state index is 12.7. The van der Waals surface area contributed by atoms with E-state index in [4.69, 9.17) is 5.11 Å². The third-order valence-electron chi connectivity index (χ3n) is 2.23. The molecular formula is C13H15FO2S. The standard InChI is InChI=1S/C13H15FO2S/c1-2-3-4-10(13(15)16)9-17-12-7-5-11(14)6-8-12/h5-9H,2-4H2,1H3,(H,15,16)/b10-9+. The molecule has 1 aromatic carbocycles. The average Bonchev–Trinajstić information content (AvgIpc) is 2.31. The first-order chi connectivity index (χ1) is 8.13. The van der Waals surface area contributed by atoms with Gasteiger partial charge in [0.15, 0.2) is 0 Å².